The molecule has 9 nitrogen and oxygen atoms in total. The standard InChI is InChI=1S/C21H22F3N3O6S/c1-14(15-7-5-8-17(12-15)21(22,23)24)26-33-13-16-6-3-4-9-18(16)19(27-32-2)20(28)25-10-11-34(29,30)31/h3-9,12H,10-11,13H2,1-2H3,(H,25,28)(H,29,30,31)/b26-14+,27-19+. The van der Waals surface area contributed by atoms with Crippen molar-refractivity contribution in [3.05, 3.63) is 70.8 Å². The summed E-state index contributed by atoms with van der Waals surface area (Å²) < 4.78 is 69.2. The van der Waals surface area contributed by atoms with Crippen LogP contribution in [0.15, 0.2) is 58.8 Å². The van der Waals surface area contributed by atoms with Gasteiger partial charge in [-0.25, -0.2) is 0 Å². The van der Waals surface area contributed by atoms with Gasteiger partial charge >= 0.3 is 6.18 Å². The molecule has 0 aliphatic rings. The van der Waals surface area contributed by atoms with E-state index in [2.05, 4.69) is 15.6 Å². The Kier molecular flexibility index (Phi) is 9.15. The van der Waals surface area contributed by atoms with Gasteiger partial charge in [-0.05, 0) is 24.6 Å². The smallest absolute Gasteiger partial charge is 0.398 e. The van der Waals surface area contributed by atoms with Gasteiger partial charge in [0, 0.05) is 17.7 Å². The van der Waals surface area contributed by atoms with Crippen LogP contribution in [0, 0.1) is 0 Å². The molecule has 0 spiro atoms. The molecule has 1 amide bonds. The maximum Gasteiger partial charge on any atom is 0.416 e. The zero-order chi connectivity index (χ0) is 25.4. The highest BCUT2D eigenvalue weighted by molar-refractivity contribution is 7.85. The third-order valence-corrected chi connectivity index (χ3v) is 5.06. The monoisotopic (exact) mass is 501 g/mol. The van der Waals surface area contributed by atoms with Crippen molar-refractivity contribution in [2.75, 3.05) is 19.4 Å². The lowest BCUT2D eigenvalue weighted by Crippen LogP contribution is -2.35. The number of hydrogen-bond donors (Lipinski definition) is 2. The summed E-state index contributed by atoms with van der Waals surface area (Å²) in [6.45, 7) is 0.967. The number of nitrogens with one attached hydrogen (secondary N) is 1. The second kappa shape index (κ2) is 11.6. The first kappa shape index (κ1) is 26.8. The number of amides is 1. The molecule has 2 aromatic carbocycles. The molecule has 0 radical (unpaired) electrons. The van der Waals surface area contributed by atoms with Crippen molar-refractivity contribution in [2.45, 2.75) is 19.7 Å². The highest BCUT2D eigenvalue weighted by Crippen LogP contribution is 2.29. The molecule has 0 bridgehead atoms. The molecule has 0 atom stereocenters. The van der Waals surface area contributed by atoms with Crippen molar-refractivity contribution in [1.29, 1.82) is 0 Å². The fourth-order valence-corrected chi connectivity index (χ4v) is 3.09. The number of oxime groups is 2. The predicted octanol–water partition coefficient (Wildman–Crippen LogP) is 3.00. The molecule has 0 saturated carbocycles. The number of rotatable bonds is 10. The summed E-state index contributed by atoms with van der Waals surface area (Å²) in [6, 6.07) is 11.1. The third kappa shape index (κ3) is 8.15. The molecule has 0 aliphatic heterocycles. The average Bonchev–Trinajstić information content (AvgIpc) is 2.76. The Morgan fingerprint density at radius 3 is 2.47 bits per heavy atom. The number of nitrogens with zero attached hydrogens (tertiary/aromatic N) is 2. The number of benzene rings is 2. The number of carbonyl (C=O) groups excluding carboxylic acids is 1. The van der Waals surface area contributed by atoms with Gasteiger partial charge in [0.25, 0.3) is 16.0 Å². The Labute approximate surface area is 194 Å². The van der Waals surface area contributed by atoms with Crippen molar-refractivity contribution < 1.29 is 40.6 Å². The molecule has 2 N–H and O–H groups in total. The third-order valence-electron chi connectivity index (χ3n) is 4.34. The van der Waals surface area contributed by atoms with Crippen LogP contribution in [-0.4, -0.2) is 49.7 Å². The number of hydrogen-bond acceptors (Lipinski definition) is 7. The summed E-state index contributed by atoms with van der Waals surface area (Å²) in [5.74, 6) is -1.45. The highest BCUT2D eigenvalue weighted by Gasteiger charge is 2.30. The Balaban J connectivity index is 2.18. The Bertz CT molecular complexity index is 1180. The summed E-state index contributed by atoms with van der Waals surface area (Å²) in [6.07, 6.45) is -4.49. The topological polar surface area (TPSA) is 127 Å². The van der Waals surface area contributed by atoms with Crippen LogP contribution >= 0.6 is 0 Å². The van der Waals surface area contributed by atoms with Crippen LogP contribution in [0.3, 0.4) is 0 Å². The molecule has 0 saturated heterocycles. The van der Waals surface area contributed by atoms with Gasteiger partial charge in [0.2, 0.25) is 0 Å². The van der Waals surface area contributed by atoms with E-state index in [1.54, 1.807) is 24.3 Å². The largest absolute Gasteiger partial charge is 0.416 e. The second-order valence-corrected chi connectivity index (χ2v) is 8.42. The molecule has 0 heterocycles. The second-order valence-electron chi connectivity index (χ2n) is 6.85. The van der Waals surface area contributed by atoms with Crippen molar-refractivity contribution >= 4 is 27.4 Å². The SMILES string of the molecule is CO/N=C(/C(=O)NCCS(=O)(=O)O)c1ccccc1CO/N=C(\C)c1cccc(C(F)(F)F)c1. The molecular weight excluding hydrogens is 479 g/mol. The van der Waals surface area contributed by atoms with Crippen LogP contribution in [0.2, 0.25) is 0 Å². The van der Waals surface area contributed by atoms with Crippen molar-refractivity contribution in [2.24, 2.45) is 10.3 Å². The van der Waals surface area contributed by atoms with Crippen LogP contribution < -0.4 is 5.32 Å². The summed E-state index contributed by atoms with van der Waals surface area (Å²) in [5, 5.41) is 9.87. The molecule has 2 aromatic rings. The lowest BCUT2D eigenvalue weighted by molar-refractivity contribution is -0.137. The van der Waals surface area contributed by atoms with Crippen LogP contribution in [0.1, 0.15) is 29.2 Å². The van der Waals surface area contributed by atoms with Gasteiger partial charge in [-0.15, -0.1) is 0 Å². The van der Waals surface area contributed by atoms with Gasteiger partial charge in [-0.2, -0.15) is 21.6 Å². The zero-order valence-electron chi connectivity index (χ0n) is 18.2. The van der Waals surface area contributed by atoms with Crippen LogP contribution in [-0.2, 0) is 37.4 Å². The molecule has 2 rings (SSSR count). The number of halogens is 3. The van der Waals surface area contributed by atoms with E-state index in [0.717, 1.165) is 12.1 Å². The molecule has 13 heteroatoms. The van der Waals surface area contributed by atoms with Crippen LogP contribution in [0.5, 0.6) is 0 Å². The maximum absolute atomic E-state index is 12.9. The van der Waals surface area contributed by atoms with Crippen molar-refractivity contribution in [1.82, 2.24) is 5.32 Å². The van der Waals surface area contributed by atoms with E-state index in [-0.39, 0.29) is 30.1 Å². The van der Waals surface area contributed by atoms with Gasteiger partial charge in [-0.3, -0.25) is 9.35 Å². The van der Waals surface area contributed by atoms with Crippen molar-refractivity contribution in [3.63, 3.8) is 0 Å². The van der Waals surface area contributed by atoms with Crippen LogP contribution in [0.4, 0.5) is 13.2 Å². The zero-order valence-corrected chi connectivity index (χ0v) is 19.0. The van der Waals surface area contributed by atoms with Crippen LogP contribution in [0.25, 0.3) is 0 Å². The first-order valence-electron chi connectivity index (χ1n) is 9.69. The fraction of sp³-hybridized carbons (Fsp3) is 0.286. The van der Waals surface area contributed by atoms with E-state index >= 15 is 0 Å². The minimum atomic E-state index is -4.49. The molecular formula is C21H22F3N3O6S. The van der Waals surface area contributed by atoms with E-state index in [9.17, 15) is 26.4 Å². The van der Waals surface area contributed by atoms with E-state index in [1.807, 2.05) is 0 Å². The van der Waals surface area contributed by atoms with Gasteiger partial charge in [-0.1, -0.05) is 46.7 Å². The molecule has 0 unspecified atom stereocenters. The normalized spacial score (nSPS) is 12.9. The fourth-order valence-electron chi connectivity index (χ4n) is 2.73. The highest BCUT2D eigenvalue weighted by atomic mass is 32.2. The molecule has 0 fully saturated rings. The minimum Gasteiger partial charge on any atom is -0.398 e. The molecule has 184 valence electrons. The maximum atomic E-state index is 12.9. The Morgan fingerprint density at radius 1 is 1.12 bits per heavy atom. The first-order valence-corrected chi connectivity index (χ1v) is 11.3. The Morgan fingerprint density at radius 2 is 1.82 bits per heavy atom. The van der Waals surface area contributed by atoms with E-state index < -0.39 is 33.5 Å². The first-order chi connectivity index (χ1) is 15.9. The van der Waals surface area contributed by atoms with E-state index in [0.29, 0.717) is 11.1 Å². The lowest BCUT2D eigenvalue weighted by Gasteiger charge is -2.12. The molecule has 0 aliphatic carbocycles. The lowest BCUT2D eigenvalue weighted by atomic mass is 10.0. The quantitative estimate of drug-likeness (QED) is 0.293. The van der Waals surface area contributed by atoms with E-state index in [1.165, 1.54) is 26.2 Å². The summed E-state index contributed by atoms with van der Waals surface area (Å²) in [5.41, 5.74) is 0.172. The summed E-state index contributed by atoms with van der Waals surface area (Å²) in [4.78, 5) is 22.5. The molecule has 34 heavy (non-hydrogen) atoms. The average molecular weight is 501 g/mol. The van der Waals surface area contributed by atoms with Gasteiger partial charge in [0.05, 0.1) is 17.0 Å². The summed E-state index contributed by atoms with van der Waals surface area (Å²) in [7, 11) is -3.05. The van der Waals surface area contributed by atoms with Gasteiger partial charge in [0.1, 0.15) is 13.7 Å². The predicted molar refractivity (Wildman–Crippen MR) is 118 cm³/mol. The Hall–Kier alpha value is -3.45. The van der Waals surface area contributed by atoms with Gasteiger partial charge < -0.3 is 15.0 Å². The number of alkyl halides is 3. The van der Waals surface area contributed by atoms with E-state index in [4.69, 9.17) is 14.2 Å². The summed E-state index contributed by atoms with van der Waals surface area (Å²) >= 11 is 0. The minimum absolute atomic E-state index is 0.159. The number of carbonyl (C=O) groups is 1. The molecule has 0 aromatic heterocycles. The van der Waals surface area contributed by atoms with Crippen molar-refractivity contribution in [3.8, 4) is 0 Å². The van der Waals surface area contributed by atoms with Gasteiger partial charge in [0.15, 0.2) is 5.71 Å².